The van der Waals surface area contributed by atoms with Crippen molar-refractivity contribution in [2.24, 2.45) is 0 Å². The number of pyridine rings is 1. The van der Waals surface area contributed by atoms with Crippen LogP contribution in [0.3, 0.4) is 0 Å². The van der Waals surface area contributed by atoms with Crippen molar-refractivity contribution in [1.82, 2.24) is 9.88 Å². The lowest BCUT2D eigenvalue weighted by molar-refractivity contribution is 0.0548. The highest BCUT2D eigenvalue weighted by molar-refractivity contribution is 5.93. The van der Waals surface area contributed by atoms with E-state index in [9.17, 15) is 9.59 Å². The number of rotatable bonds is 9. The van der Waals surface area contributed by atoms with Crippen LogP contribution in [0.1, 0.15) is 29.9 Å². The van der Waals surface area contributed by atoms with Gasteiger partial charge in [-0.1, -0.05) is 0 Å². The molecule has 0 spiro atoms. The van der Waals surface area contributed by atoms with Crippen molar-refractivity contribution in [2.45, 2.75) is 20.8 Å². The molecule has 0 aromatic carbocycles. The van der Waals surface area contributed by atoms with Gasteiger partial charge in [-0.25, -0.2) is 0 Å². The second kappa shape index (κ2) is 9.31. The molecule has 6 heteroatoms. The topological polar surface area (TPSA) is 71.6 Å². The highest BCUT2D eigenvalue weighted by Gasteiger charge is 2.18. The Bertz CT molecular complexity index is 489. The van der Waals surface area contributed by atoms with Crippen LogP contribution in [0.4, 0.5) is 0 Å². The Morgan fingerprint density at radius 3 is 2.24 bits per heavy atom. The van der Waals surface area contributed by atoms with E-state index in [0.717, 1.165) is 5.69 Å². The number of H-pyrrole nitrogens is 1. The molecule has 0 saturated carbocycles. The van der Waals surface area contributed by atoms with Crippen LogP contribution in [0.5, 0.6) is 0 Å². The molecule has 1 amide bonds. The summed E-state index contributed by atoms with van der Waals surface area (Å²) in [4.78, 5) is 28.9. The minimum absolute atomic E-state index is 0.147. The van der Waals surface area contributed by atoms with Crippen LogP contribution in [-0.4, -0.2) is 55.3 Å². The molecular weight excluding hydrogens is 272 g/mol. The molecule has 0 aliphatic rings. The van der Waals surface area contributed by atoms with Crippen LogP contribution in [0.2, 0.25) is 0 Å². The number of nitrogens with one attached hydrogen (secondary N) is 1. The van der Waals surface area contributed by atoms with Crippen LogP contribution < -0.4 is 5.43 Å². The Morgan fingerprint density at radius 2 is 1.76 bits per heavy atom. The fraction of sp³-hybridized carbons (Fsp3) is 0.600. The van der Waals surface area contributed by atoms with Gasteiger partial charge in [-0.15, -0.1) is 0 Å². The number of carbonyl (C=O) groups is 1. The van der Waals surface area contributed by atoms with Gasteiger partial charge in [-0.3, -0.25) is 9.59 Å². The summed E-state index contributed by atoms with van der Waals surface area (Å²) in [5, 5.41) is 0. The summed E-state index contributed by atoms with van der Waals surface area (Å²) in [6.07, 6.45) is 1.47. The second-order valence-corrected chi connectivity index (χ2v) is 4.58. The lowest BCUT2D eigenvalue weighted by Gasteiger charge is -2.22. The van der Waals surface area contributed by atoms with E-state index in [1.54, 1.807) is 11.8 Å². The minimum Gasteiger partial charge on any atom is -0.380 e. The molecule has 1 heterocycles. The third kappa shape index (κ3) is 5.69. The zero-order valence-electron chi connectivity index (χ0n) is 13.0. The number of carbonyl (C=O) groups excluding carboxylic acids is 1. The first-order valence-corrected chi connectivity index (χ1v) is 7.24. The molecule has 0 unspecified atom stereocenters. The van der Waals surface area contributed by atoms with Gasteiger partial charge in [0.1, 0.15) is 5.56 Å². The molecule has 0 saturated heterocycles. The predicted molar refractivity (Wildman–Crippen MR) is 80.7 cm³/mol. The van der Waals surface area contributed by atoms with Crippen LogP contribution in [0.25, 0.3) is 0 Å². The first-order chi connectivity index (χ1) is 10.1. The lowest BCUT2D eigenvalue weighted by Crippen LogP contribution is -2.39. The molecule has 0 atom stereocenters. The number of aromatic nitrogens is 1. The predicted octanol–water partition coefficient (Wildman–Crippen LogP) is 1.20. The van der Waals surface area contributed by atoms with E-state index < -0.39 is 0 Å². The summed E-state index contributed by atoms with van der Waals surface area (Å²) in [5.41, 5.74) is 0.606. The van der Waals surface area contributed by atoms with Crippen molar-refractivity contribution >= 4 is 5.91 Å². The molecule has 1 N–H and O–H groups in total. The standard InChI is InChI=1S/C15H24N2O4/c1-4-20-8-6-17(7-9-21-5-2)15(19)13-11-16-12(3)10-14(13)18/h10-11H,4-9H2,1-3H3,(H,16,18). The van der Waals surface area contributed by atoms with E-state index in [2.05, 4.69) is 4.98 Å². The van der Waals surface area contributed by atoms with E-state index >= 15 is 0 Å². The second-order valence-electron chi connectivity index (χ2n) is 4.58. The maximum Gasteiger partial charge on any atom is 0.259 e. The molecule has 0 aliphatic heterocycles. The molecule has 0 aliphatic carbocycles. The summed E-state index contributed by atoms with van der Waals surface area (Å²) in [6.45, 7) is 8.53. The Labute approximate surface area is 125 Å². The van der Waals surface area contributed by atoms with Crippen molar-refractivity contribution in [2.75, 3.05) is 39.5 Å². The first kappa shape index (κ1) is 17.4. The van der Waals surface area contributed by atoms with Gasteiger partial charge < -0.3 is 19.4 Å². The Kier molecular flexibility index (Phi) is 7.71. The van der Waals surface area contributed by atoms with Gasteiger partial charge in [0.2, 0.25) is 0 Å². The van der Waals surface area contributed by atoms with E-state index in [1.807, 2.05) is 13.8 Å². The summed E-state index contributed by atoms with van der Waals surface area (Å²) in [5.74, 6) is -0.296. The summed E-state index contributed by atoms with van der Waals surface area (Å²) >= 11 is 0. The average molecular weight is 296 g/mol. The number of aryl methyl sites for hydroxylation is 1. The fourth-order valence-electron chi connectivity index (χ4n) is 1.86. The monoisotopic (exact) mass is 296 g/mol. The number of hydrogen-bond donors (Lipinski definition) is 1. The summed E-state index contributed by atoms with van der Waals surface area (Å²) < 4.78 is 10.6. The van der Waals surface area contributed by atoms with Gasteiger partial charge in [0, 0.05) is 44.3 Å². The van der Waals surface area contributed by atoms with E-state index in [-0.39, 0.29) is 16.9 Å². The molecule has 6 nitrogen and oxygen atoms in total. The van der Waals surface area contributed by atoms with Crippen molar-refractivity contribution in [1.29, 1.82) is 0 Å². The number of hydrogen-bond acceptors (Lipinski definition) is 4. The van der Waals surface area contributed by atoms with E-state index in [1.165, 1.54) is 12.3 Å². The van der Waals surface area contributed by atoms with E-state index in [4.69, 9.17) is 9.47 Å². The average Bonchev–Trinajstić information content (AvgIpc) is 2.45. The Morgan fingerprint density at radius 1 is 1.19 bits per heavy atom. The normalized spacial score (nSPS) is 10.6. The third-order valence-corrected chi connectivity index (χ3v) is 2.99. The van der Waals surface area contributed by atoms with Gasteiger partial charge in [0.15, 0.2) is 5.43 Å². The number of ether oxygens (including phenoxy) is 2. The molecular formula is C15H24N2O4. The third-order valence-electron chi connectivity index (χ3n) is 2.99. The van der Waals surface area contributed by atoms with Gasteiger partial charge in [-0.2, -0.15) is 0 Å². The molecule has 0 radical (unpaired) electrons. The van der Waals surface area contributed by atoms with Crippen LogP contribution in [0.15, 0.2) is 17.1 Å². The SMILES string of the molecule is CCOCCN(CCOCC)C(=O)c1c[nH]c(C)cc1=O. The number of amides is 1. The largest absolute Gasteiger partial charge is 0.380 e. The zero-order valence-corrected chi connectivity index (χ0v) is 13.0. The quantitative estimate of drug-likeness (QED) is 0.695. The maximum absolute atomic E-state index is 12.5. The smallest absolute Gasteiger partial charge is 0.259 e. The fourth-order valence-corrected chi connectivity index (χ4v) is 1.86. The van der Waals surface area contributed by atoms with Crippen molar-refractivity contribution in [3.63, 3.8) is 0 Å². The molecule has 0 fully saturated rings. The number of nitrogens with zero attached hydrogens (tertiary/aromatic N) is 1. The van der Waals surface area contributed by atoms with Crippen LogP contribution in [-0.2, 0) is 9.47 Å². The van der Waals surface area contributed by atoms with E-state index in [0.29, 0.717) is 39.5 Å². The van der Waals surface area contributed by atoms with Gasteiger partial charge in [0.05, 0.1) is 13.2 Å². The highest BCUT2D eigenvalue weighted by Crippen LogP contribution is 2.01. The minimum atomic E-state index is -0.296. The maximum atomic E-state index is 12.5. The number of aromatic amines is 1. The molecule has 1 aromatic rings. The molecule has 0 bridgehead atoms. The van der Waals surface area contributed by atoms with Crippen molar-refractivity contribution in [3.8, 4) is 0 Å². The Balaban J connectivity index is 2.79. The van der Waals surface area contributed by atoms with Crippen molar-refractivity contribution in [3.05, 3.63) is 33.7 Å². The molecule has 1 aromatic heterocycles. The van der Waals surface area contributed by atoms with Crippen molar-refractivity contribution < 1.29 is 14.3 Å². The first-order valence-electron chi connectivity index (χ1n) is 7.24. The molecule has 21 heavy (non-hydrogen) atoms. The Hall–Kier alpha value is -1.66. The van der Waals surface area contributed by atoms with Crippen LogP contribution in [0, 0.1) is 6.92 Å². The lowest BCUT2D eigenvalue weighted by atomic mass is 10.2. The summed E-state index contributed by atoms with van der Waals surface area (Å²) in [7, 11) is 0. The van der Waals surface area contributed by atoms with Gasteiger partial charge >= 0.3 is 0 Å². The van der Waals surface area contributed by atoms with Gasteiger partial charge in [-0.05, 0) is 20.8 Å². The highest BCUT2D eigenvalue weighted by atomic mass is 16.5. The zero-order chi connectivity index (χ0) is 15.7. The summed E-state index contributed by atoms with van der Waals surface area (Å²) in [6, 6.07) is 1.43. The van der Waals surface area contributed by atoms with Gasteiger partial charge in [0.25, 0.3) is 5.91 Å². The van der Waals surface area contributed by atoms with Crippen LogP contribution >= 0.6 is 0 Å². The molecule has 1 rings (SSSR count). The molecule has 118 valence electrons.